The fourth-order valence-corrected chi connectivity index (χ4v) is 2.06. The monoisotopic (exact) mass is 292 g/mol. The number of hydrogen-bond donors (Lipinski definition) is 1. The largest absolute Gasteiger partial charge is 0.481 e. The highest BCUT2D eigenvalue weighted by atomic mass is 35.5. The molecule has 1 N–H and O–H groups in total. The number of carbonyl (C=O) groups is 1. The van der Waals surface area contributed by atoms with E-state index in [0.29, 0.717) is 0 Å². The molecule has 0 amide bonds. The number of piperidine rings is 1. The number of nitrogens with zero attached hydrogens (tertiary/aromatic N) is 2. The van der Waals surface area contributed by atoms with Crippen molar-refractivity contribution in [1.29, 1.82) is 0 Å². The van der Waals surface area contributed by atoms with Gasteiger partial charge in [0.2, 0.25) is 0 Å². The summed E-state index contributed by atoms with van der Waals surface area (Å²) in [5, 5.41) is 8.88. The third kappa shape index (κ3) is 4.80. The van der Waals surface area contributed by atoms with Gasteiger partial charge in [-0.15, -0.1) is 24.8 Å². The van der Waals surface area contributed by atoms with Crippen LogP contribution >= 0.6 is 24.8 Å². The van der Waals surface area contributed by atoms with Crippen LogP contribution in [0.4, 0.5) is 0 Å². The van der Waals surface area contributed by atoms with Gasteiger partial charge in [0.25, 0.3) is 0 Å². The number of likely N-dealkylation sites (tertiary alicyclic amines) is 1. The van der Waals surface area contributed by atoms with Crippen molar-refractivity contribution in [3.8, 4) is 0 Å². The second-order valence-electron chi connectivity index (χ2n) is 4.21. The number of carboxylic acids is 1. The van der Waals surface area contributed by atoms with Gasteiger partial charge in [0, 0.05) is 12.7 Å². The van der Waals surface area contributed by atoms with Crippen molar-refractivity contribution >= 4 is 30.8 Å². The summed E-state index contributed by atoms with van der Waals surface area (Å²) in [6.45, 7) is 2.54. The molecule has 0 saturated carbocycles. The van der Waals surface area contributed by atoms with Crippen molar-refractivity contribution in [2.45, 2.75) is 19.4 Å². The van der Waals surface area contributed by atoms with Gasteiger partial charge in [0.1, 0.15) is 0 Å². The van der Waals surface area contributed by atoms with Crippen molar-refractivity contribution in [3.05, 3.63) is 30.1 Å². The highest BCUT2D eigenvalue weighted by Crippen LogP contribution is 2.18. The van der Waals surface area contributed by atoms with E-state index in [0.717, 1.165) is 38.2 Å². The van der Waals surface area contributed by atoms with Crippen molar-refractivity contribution in [3.63, 3.8) is 0 Å². The maximum absolute atomic E-state index is 10.8. The molecular formula is C12H18Cl2N2O2. The number of halogens is 2. The molecule has 1 fully saturated rings. The Morgan fingerprint density at radius 2 is 2.00 bits per heavy atom. The lowest BCUT2D eigenvalue weighted by Crippen LogP contribution is -2.35. The maximum atomic E-state index is 10.8. The van der Waals surface area contributed by atoms with Gasteiger partial charge >= 0.3 is 5.97 Å². The molecule has 1 aliphatic heterocycles. The maximum Gasteiger partial charge on any atom is 0.306 e. The van der Waals surface area contributed by atoms with Gasteiger partial charge in [-0.1, -0.05) is 6.07 Å². The standard InChI is InChI=1S/C12H16N2O2.2ClH/c15-12(16)10-4-7-14(8-5-10)9-11-3-1-2-6-13-11;;/h1-3,6,10H,4-5,7-9H2,(H,15,16);2*1H. The van der Waals surface area contributed by atoms with E-state index < -0.39 is 5.97 Å². The Bertz CT molecular complexity index is 354. The number of hydrogen-bond acceptors (Lipinski definition) is 3. The molecule has 0 atom stereocenters. The third-order valence-corrected chi connectivity index (χ3v) is 3.05. The zero-order valence-electron chi connectivity index (χ0n) is 9.99. The van der Waals surface area contributed by atoms with Crippen LogP contribution in [-0.4, -0.2) is 34.0 Å². The van der Waals surface area contributed by atoms with Crippen molar-refractivity contribution in [2.24, 2.45) is 5.92 Å². The Labute approximate surface area is 119 Å². The summed E-state index contributed by atoms with van der Waals surface area (Å²) in [6, 6.07) is 5.88. The summed E-state index contributed by atoms with van der Waals surface area (Å²) >= 11 is 0. The van der Waals surface area contributed by atoms with Crippen LogP contribution in [0.15, 0.2) is 24.4 Å². The Morgan fingerprint density at radius 3 is 2.50 bits per heavy atom. The molecule has 4 nitrogen and oxygen atoms in total. The van der Waals surface area contributed by atoms with Crippen molar-refractivity contribution in [2.75, 3.05) is 13.1 Å². The third-order valence-electron chi connectivity index (χ3n) is 3.05. The molecule has 0 radical (unpaired) electrons. The molecule has 1 aliphatic rings. The summed E-state index contributed by atoms with van der Waals surface area (Å²) in [5.74, 6) is -0.808. The van der Waals surface area contributed by atoms with Crippen LogP contribution in [0.2, 0.25) is 0 Å². The van der Waals surface area contributed by atoms with E-state index >= 15 is 0 Å². The Hall–Kier alpha value is -0.840. The minimum absolute atomic E-state index is 0. The van der Waals surface area contributed by atoms with Gasteiger partial charge in [0.05, 0.1) is 11.6 Å². The molecule has 0 bridgehead atoms. The topological polar surface area (TPSA) is 53.4 Å². The number of aromatic nitrogens is 1. The summed E-state index contributed by atoms with van der Waals surface area (Å²) in [4.78, 5) is 17.3. The fraction of sp³-hybridized carbons (Fsp3) is 0.500. The molecule has 102 valence electrons. The first-order chi connectivity index (χ1) is 7.75. The van der Waals surface area contributed by atoms with E-state index in [4.69, 9.17) is 5.11 Å². The Morgan fingerprint density at radius 1 is 1.33 bits per heavy atom. The van der Waals surface area contributed by atoms with Crippen LogP contribution in [0.3, 0.4) is 0 Å². The van der Waals surface area contributed by atoms with E-state index in [2.05, 4.69) is 9.88 Å². The Balaban J connectivity index is 0.00000144. The lowest BCUT2D eigenvalue weighted by atomic mass is 9.97. The van der Waals surface area contributed by atoms with Crippen LogP contribution in [0.5, 0.6) is 0 Å². The molecule has 0 spiro atoms. The number of rotatable bonds is 3. The summed E-state index contributed by atoms with van der Waals surface area (Å²) in [7, 11) is 0. The lowest BCUT2D eigenvalue weighted by molar-refractivity contribution is -0.143. The molecule has 2 rings (SSSR count). The lowest BCUT2D eigenvalue weighted by Gasteiger charge is -2.29. The van der Waals surface area contributed by atoms with Gasteiger partial charge in [-0.25, -0.2) is 0 Å². The normalized spacial score (nSPS) is 16.4. The zero-order valence-corrected chi connectivity index (χ0v) is 11.6. The van der Waals surface area contributed by atoms with E-state index in [-0.39, 0.29) is 30.7 Å². The SMILES string of the molecule is Cl.Cl.O=C(O)C1CCN(Cc2ccccn2)CC1. The second kappa shape index (κ2) is 8.29. The van der Waals surface area contributed by atoms with E-state index in [1.54, 1.807) is 6.20 Å². The molecule has 1 saturated heterocycles. The molecule has 0 aliphatic carbocycles. The van der Waals surface area contributed by atoms with Crippen molar-refractivity contribution < 1.29 is 9.90 Å². The summed E-state index contributed by atoms with van der Waals surface area (Å²) in [6.07, 6.45) is 3.30. The zero-order chi connectivity index (χ0) is 11.4. The Kier molecular flexibility index (Phi) is 7.91. The van der Waals surface area contributed by atoms with Crippen LogP contribution in [0.25, 0.3) is 0 Å². The average Bonchev–Trinajstić information content (AvgIpc) is 2.31. The van der Waals surface area contributed by atoms with E-state index in [9.17, 15) is 4.79 Å². The minimum atomic E-state index is -0.655. The minimum Gasteiger partial charge on any atom is -0.481 e. The van der Waals surface area contributed by atoms with Gasteiger partial charge in [-0.05, 0) is 38.1 Å². The number of aliphatic carboxylic acids is 1. The van der Waals surface area contributed by atoms with E-state index in [1.165, 1.54) is 0 Å². The molecule has 18 heavy (non-hydrogen) atoms. The molecule has 2 heterocycles. The second-order valence-corrected chi connectivity index (χ2v) is 4.21. The highest BCUT2D eigenvalue weighted by molar-refractivity contribution is 5.85. The van der Waals surface area contributed by atoms with Crippen LogP contribution < -0.4 is 0 Å². The summed E-state index contributed by atoms with van der Waals surface area (Å²) in [5.41, 5.74) is 1.05. The molecular weight excluding hydrogens is 275 g/mol. The van der Waals surface area contributed by atoms with Gasteiger partial charge in [0.15, 0.2) is 0 Å². The number of carboxylic acid groups (broad SMARTS) is 1. The smallest absolute Gasteiger partial charge is 0.306 e. The van der Waals surface area contributed by atoms with Gasteiger partial charge < -0.3 is 5.11 Å². The first-order valence-corrected chi connectivity index (χ1v) is 5.61. The molecule has 6 heteroatoms. The molecule has 0 unspecified atom stereocenters. The van der Waals surface area contributed by atoms with E-state index in [1.807, 2.05) is 18.2 Å². The molecule has 1 aromatic rings. The van der Waals surface area contributed by atoms with Gasteiger partial charge in [-0.2, -0.15) is 0 Å². The molecule has 1 aromatic heterocycles. The van der Waals surface area contributed by atoms with Crippen molar-refractivity contribution in [1.82, 2.24) is 9.88 Å². The molecule has 0 aromatic carbocycles. The summed E-state index contributed by atoms with van der Waals surface area (Å²) < 4.78 is 0. The first kappa shape index (κ1) is 17.2. The van der Waals surface area contributed by atoms with Gasteiger partial charge in [-0.3, -0.25) is 14.7 Å². The highest BCUT2D eigenvalue weighted by Gasteiger charge is 2.24. The number of pyridine rings is 1. The van der Waals surface area contributed by atoms with Crippen LogP contribution in [0.1, 0.15) is 18.5 Å². The first-order valence-electron chi connectivity index (χ1n) is 5.61. The quantitative estimate of drug-likeness (QED) is 0.928. The predicted octanol–water partition coefficient (Wildman–Crippen LogP) is 2.22. The van der Waals surface area contributed by atoms with Crippen LogP contribution in [0, 0.1) is 5.92 Å². The van der Waals surface area contributed by atoms with Crippen LogP contribution in [-0.2, 0) is 11.3 Å². The average molecular weight is 293 g/mol. The predicted molar refractivity (Wildman–Crippen MR) is 74.4 cm³/mol. The fourth-order valence-electron chi connectivity index (χ4n) is 2.06.